The molecule has 0 radical (unpaired) electrons. The summed E-state index contributed by atoms with van der Waals surface area (Å²) in [6, 6.07) is 8.21. The normalized spacial score (nSPS) is 17.2. The monoisotopic (exact) mass is 477 g/mol. The summed E-state index contributed by atoms with van der Waals surface area (Å²) in [4.78, 5) is 48.0. The van der Waals surface area contributed by atoms with Gasteiger partial charge in [-0.1, -0.05) is 12.1 Å². The molecule has 2 aliphatic rings. The molecule has 2 fully saturated rings. The number of halogens is 1. The number of carboxylic acid groups (broad SMARTS) is 2. The van der Waals surface area contributed by atoms with Crippen molar-refractivity contribution < 1.29 is 33.8 Å². The fraction of sp³-hybridized carbons (Fsp3) is 0.500. The first-order valence-corrected chi connectivity index (χ1v) is 10.9. The second-order valence-electron chi connectivity index (χ2n) is 7.79. The van der Waals surface area contributed by atoms with Crippen LogP contribution >= 0.6 is 0 Å². The predicted molar refractivity (Wildman–Crippen MR) is 117 cm³/mol. The Morgan fingerprint density at radius 1 is 1.06 bits per heavy atom. The van der Waals surface area contributed by atoms with E-state index in [0.29, 0.717) is 45.7 Å². The molecule has 0 spiro atoms. The number of nitriles is 1. The minimum absolute atomic E-state index is 0.000624. The summed E-state index contributed by atoms with van der Waals surface area (Å²) in [5, 5.41) is 26.9. The van der Waals surface area contributed by atoms with Gasteiger partial charge in [-0.3, -0.25) is 4.79 Å². The Kier molecular flexibility index (Phi) is 10.2. The van der Waals surface area contributed by atoms with E-state index in [4.69, 9.17) is 25.1 Å². The van der Waals surface area contributed by atoms with E-state index in [1.165, 1.54) is 12.1 Å². The number of benzene rings is 1. The van der Waals surface area contributed by atoms with Gasteiger partial charge < -0.3 is 30.2 Å². The Balaban J connectivity index is 0.000000604. The van der Waals surface area contributed by atoms with Crippen LogP contribution in [0.4, 0.5) is 9.18 Å². The highest BCUT2D eigenvalue weighted by Gasteiger charge is 2.29. The summed E-state index contributed by atoms with van der Waals surface area (Å²) in [7, 11) is 0. The molecule has 12 heteroatoms. The molecule has 0 aliphatic carbocycles. The number of amides is 3. The van der Waals surface area contributed by atoms with Crippen molar-refractivity contribution in [3.63, 3.8) is 0 Å². The van der Waals surface area contributed by atoms with Crippen LogP contribution in [0.15, 0.2) is 24.3 Å². The van der Waals surface area contributed by atoms with E-state index in [1.807, 2.05) is 0 Å². The Bertz CT molecular complexity index is 907. The summed E-state index contributed by atoms with van der Waals surface area (Å²) in [6.07, 6.45) is 2.32. The Morgan fingerprint density at radius 2 is 1.68 bits per heavy atom. The van der Waals surface area contributed by atoms with Gasteiger partial charge in [-0.2, -0.15) is 5.26 Å². The Morgan fingerprint density at radius 3 is 2.26 bits per heavy atom. The van der Waals surface area contributed by atoms with Crippen LogP contribution in [-0.2, 0) is 20.8 Å². The first-order chi connectivity index (χ1) is 16.2. The summed E-state index contributed by atoms with van der Waals surface area (Å²) < 4.78 is 12.9. The number of urea groups is 1. The van der Waals surface area contributed by atoms with Gasteiger partial charge in [0, 0.05) is 39.3 Å². The number of hydrogen-bond acceptors (Lipinski definition) is 6. The van der Waals surface area contributed by atoms with Crippen LogP contribution in [0.1, 0.15) is 18.4 Å². The zero-order valence-electron chi connectivity index (χ0n) is 18.7. The molecule has 11 nitrogen and oxygen atoms in total. The maximum Gasteiger partial charge on any atom is 0.414 e. The van der Waals surface area contributed by atoms with Gasteiger partial charge >= 0.3 is 18.0 Å². The Labute approximate surface area is 196 Å². The van der Waals surface area contributed by atoms with Gasteiger partial charge in [0.25, 0.3) is 0 Å². The number of carboxylic acids is 2. The van der Waals surface area contributed by atoms with Crippen molar-refractivity contribution in [1.82, 2.24) is 20.0 Å². The molecular formula is C22H28FN5O6. The van der Waals surface area contributed by atoms with Crippen LogP contribution in [0.5, 0.6) is 0 Å². The summed E-state index contributed by atoms with van der Waals surface area (Å²) in [6.45, 7) is 3.87. The van der Waals surface area contributed by atoms with Gasteiger partial charge in [0.15, 0.2) is 0 Å². The van der Waals surface area contributed by atoms with Gasteiger partial charge in [-0.05, 0) is 37.0 Å². The highest BCUT2D eigenvalue weighted by molar-refractivity contribution is 6.27. The van der Waals surface area contributed by atoms with E-state index in [1.54, 1.807) is 26.8 Å². The quantitative estimate of drug-likeness (QED) is 0.358. The molecule has 2 aliphatic heterocycles. The van der Waals surface area contributed by atoms with Crippen molar-refractivity contribution in [1.29, 1.82) is 5.26 Å². The number of nitrogens with zero attached hydrogens (tertiary/aromatic N) is 4. The number of carbonyl (C=O) groups is 4. The maximum absolute atomic E-state index is 12.9. The average Bonchev–Trinajstić information content (AvgIpc) is 3.43. The van der Waals surface area contributed by atoms with Crippen molar-refractivity contribution in [2.75, 3.05) is 45.8 Å². The summed E-state index contributed by atoms with van der Waals surface area (Å²) in [5.74, 6) is -3.96. The first kappa shape index (κ1) is 26.5. The van der Waals surface area contributed by atoms with E-state index >= 15 is 0 Å². The van der Waals surface area contributed by atoms with Gasteiger partial charge in [-0.25, -0.2) is 18.8 Å². The molecule has 1 aromatic rings. The summed E-state index contributed by atoms with van der Waals surface area (Å²) >= 11 is 0. The van der Waals surface area contributed by atoms with Crippen molar-refractivity contribution in [2.45, 2.75) is 25.3 Å². The fourth-order valence-electron chi connectivity index (χ4n) is 3.67. The van der Waals surface area contributed by atoms with Crippen LogP contribution in [0, 0.1) is 17.1 Å². The smallest absolute Gasteiger partial charge is 0.414 e. The van der Waals surface area contributed by atoms with E-state index in [9.17, 15) is 14.0 Å². The average molecular weight is 477 g/mol. The van der Waals surface area contributed by atoms with Gasteiger partial charge in [0.2, 0.25) is 5.91 Å². The highest BCUT2D eigenvalue weighted by atomic mass is 19.1. The van der Waals surface area contributed by atoms with Gasteiger partial charge in [-0.15, -0.1) is 0 Å². The minimum atomic E-state index is -1.82. The molecule has 2 heterocycles. The molecule has 0 unspecified atom stereocenters. The second-order valence-corrected chi connectivity index (χ2v) is 7.79. The number of nitrogens with one attached hydrogen (secondary N) is 1. The van der Waals surface area contributed by atoms with Crippen molar-refractivity contribution in [3.05, 3.63) is 35.6 Å². The molecule has 0 aromatic heterocycles. The van der Waals surface area contributed by atoms with E-state index in [-0.39, 0.29) is 30.3 Å². The lowest BCUT2D eigenvalue weighted by atomic mass is 10.1. The van der Waals surface area contributed by atoms with E-state index in [2.05, 4.69) is 11.4 Å². The molecule has 0 bridgehead atoms. The third-order valence-corrected chi connectivity index (χ3v) is 5.50. The fourth-order valence-corrected chi connectivity index (χ4v) is 3.67. The van der Waals surface area contributed by atoms with Crippen LogP contribution in [0.3, 0.4) is 0 Å². The number of rotatable bonds is 8. The number of likely N-dealkylation sites (tertiary alicyclic amines) is 1. The lowest BCUT2D eigenvalue weighted by Gasteiger charge is -2.21. The van der Waals surface area contributed by atoms with E-state index < -0.39 is 11.9 Å². The molecule has 1 atom stereocenters. The molecule has 34 heavy (non-hydrogen) atoms. The molecule has 0 saturated carbocycles. The van der Waals surface area contributed by atoms with Crippen LogP contribution in [0.25, 0.3) is 0 Å². The molecule has 2 saturated heterocycles. The van der Waals surface area contributed by atoms with E-state index in [0.717, 1.165) is 18.4 Å². The van der Waals surface area contributed by atoms with Crippen LogP contribution in [0.2, 0.25) is 0 Å². The van der Waals surface area contributed by atoms with Crippen molar-refractivity contribution in [3.8, 4) is 6.07 Å². The van der Waals surface area contributed by atoms with Crippen LogP contribution < -0.4 is 5.32 Å². The Hall–Kier alpha value is -3.72. The molecule has 3 amide bonds. The third kappa shape index (κ3) is 8.00. The molecule has 1 aromatic carbocycles. The highest BCUT2D eigenvalue weighted by Crippen LogP contribution is 2.16. The second kappa shape index (κ2) is 13.1. The third-order valence-electron chi connectivity index (χ3n) is 5.50. The lowest BCUT2D eigenvalue weighted by molar-refractivity contribution is -0.159. The van der Waals surface area contributed by atoms with Gasteiger partial charge in [0.1, 0.15) is 11.9 Å². The minimum Gasteiger partial charge on any atom is -0.473 e. The standard InChI is InChI=1S/C20H26FN5O2.C2H2O4/c21-17-5-3-16(4-6-17)7-10-24-12-13-25(20(24)28)11-8-23-15-19(27)26-9-1-2-18(26)14-22;3-1(4)2(5)6/h3-6,18,23H,1-2,7-13,15H2;(H,3,4)(H,5,6)/t18-;/m0./s1. The number of hydrogen-bond donors (Lipinski definition) is 3. The topological polar surface area (TPSA) is 154 Å². The maximum atomic E-state index is 12.9. The lowest BCUT2D eigenvalue weighted by Crippen LogP contribution is -2.43. The zero-order chi connectivity index (χ0) is 25.1. The number of aliphatic carboxylic acids is 2. The predicted octanol–water partition coefficient (Wildman–Crippen LogP) is 0.366. The number of carbonyl (C=O) groups excluding carboxylic acids is 2. The van der Waals surface area contributed by atoms with Crippen LogP contribution in [-0.4, -0.2) is 101 Å². The van der Waals surface area contributed by atoms with Crippen molar-refractivity contribution >= 4 is 23.9 Å². The first-order valence-electron chi connectivity index (χ1n) is 10.9. The SMILES string of the molecule is N#C[C@@H]1CCCN1C(=O)CNCCN1CCN(CCc2ccc(F)cc2)C1=O.O=C(O)C(=O)O. The molecule has 184 valence electrons. The molecule has 3 N–H and O–H groups in total. The van der Waals surface area contributed by atoms with Crippen molar-refractivity contribution in [2.24, 2.45) is 0 Å². The largest absolute Gasteiger partial charge is 0.473 e. The molecular weight excluding hydrogens is 449 g/mol. The summed E-state index contributed by atoms with van der Waals surface area (Å²) in [5.41, 5.74) is 1.01. The van der Waals surface area contributed by atoms with Gasteiger partial charge in [0.05, 0.1) is 12.6 Å². The molecule has 3 rings (SSSR count). The zero-order valence-corrected chi connectivity index (χ0v) is 18.7.